The van der Waals surface area contributed by atoms with Crippen molar-refractivity contribution >= 4 is 35.1 Å². The molecule has 0 atom stereocenters. The van der Waals surface area contributed by atoms with E-state index in [2.05, 4.69) is 10.6 Å². The summed E-state index contributed by atoms with van der Waals surface area (Å²) in [4.78, 5) is 35.3. The Hall–Kier alpha value is -3.37. The molecular weight excluding hydrogens is 370 g/mol. The summed E-state index contributed by atoms with van der Waals surface area (Å²) in [5.41, 5.74) is 2.09. The van der Waals surface area contributed by atoms with Crippen molar-refractivity contribution in [2.24, 2.45) is 0 Å². The van der Waals surface area contributed by atoms with Gasteiger partial charge in [0, 0.05) is 11.3 Å². The van der Waals surface area contributed by atoms with Crippen LogP contribution in [0.4, 0.5) is 5.69 Å². The molecule has 2 aromatic carbocycles. The van der Waals surface area contributed by atoms with Gasteiger partial charge in [-0.2, -0.15) is 5.26 Å². The van der Waals surface area contributed by atoms with Crippen molar-refractivity contribution in [3.8, 4) is 6.07 Å². The van der Waals surface area contributed by atoms with Crippen molar-refractivity contribution in [3.05, 3.63) is 64.2 Å². The van der Waals surface area contributed by atoms with Crippen molar-refractivity contribution < 1.29 is 19.1 Å². The number of hydrogen-bond donors (Lipinski definition) is 2. The van der Waals surface area contributed by atoms with Gasteiger partial charge in [0.2, 0.25) is 0 Å². The molecule has 0 bridgehead atoms. The lowest BCUT2D eigenvalue weighted by atomic mass is 10.1. The number of esters is 1. The van der Waals surface area contributed by atoms with Crippen LogP contribution in [-0.4, -0.2) is 30.9 Å². The van der Waals surface area contributed by atoms with Crippen LogP contribution in [-0.2, 0) is 14.3 Å². The second-order valence-corrected chi connectivity index (χ2v) is 5.97. The maximum atomic E-state index is 11.9. The highest BCUT2D eigenvalue weighted by Gasteiger charge is 2.11. The van der Waals surface area contributed by atoms with Crippen LogP contribution in [0.2, 0.25) is 5.02 Å². The molecule has 2 rings (SSSR count). The topological polar surface area (TPSA) is 108 Å². The molecule has 138 valence electrons. The lowest BCUT2D eigenvalue weighted by molar-refractivity contribution is -0.146. The molecule has 0 aliphatic heterocycles. The van der Waals surface area contributed by atoms with Crippen LogP contribution >= 0.6 is 11.6 Å². The maximum absolute atomic E-state index is 11.9. The first-order valence-electron chi connectivity index (χ1n) is 7.89. The van der Waals surface area contributed by atoms with Crippen LogP contribution in [0.25, 0.3) is 0 Å². The van der Waals surface area contributed by atoms with E-state index >= 15 is 0 Å². The van der Waals surface area contributed by atoms with Gasteiger partial charge in [-0.15, -0.1) is 0 Å². The quantitative estimate of drug-likeness (QED) is 0.742. The predicted octanol–water partition coefficient (Wildman–Crippen LogP) is 2.43. The minimum atomic E-state index is -0.747. The van der Waals surface area contributed by atoms with Gasteiger partial charge < -0.3 is 15.4 Å². The Kier molecular flexibility index (Phi) is 6.92. The Bertz CT molecular complexity index is 904. The minimum Gasteiger partial charge on any atom is -0.454 e. The summed E-state index contributed by atoms with van der Waals surface area (Å²) in [6, 6.07) is 13.2. The molecule has 2 N–H and O–H groups in total. The molecule has 0 saturated heterocycles. The first-order valence-corrected chi connectivity index (χ1v) is 8.27. The van der Waals surface area contributed by atoms with Gasteiger partial charge in [-0.1, -0.05) is 29.3 Å². The second-order valence-electron chi connectivity index (χ2n) is 5.56. The molecule has 0 fully saturated rings. The van der Waals surface area contributed by atoms with Gasteiger partial charge in [-0.25, -0.2) is 0 Å². The fourth-order valence-corrected chi connectivity index (χ4v) is 2.26. The summed E-state index contributed by atoms with van der Waals surface area (Å²) in [5.74, 6) is -1.74. The number of benzene rings is 2. The van der Waals surface area contributed by atoms with Crippen molar-refractivity contribution in [1.82, 2.24) is 5.32 Å². The van der Waals surface area contributed by atoms with E-state index in [0.717, 1.165) is 5.56 Å². The summed E-state index contributed by atoms with van der Waals surface area (Å²) in [6.07, 6.45) is 0. The highest BCUT2D eigenvalue weighted by Crippen LogP contribution is 2.20. The Morgan fingerprint density at radius 1 is 1.15 bits per heavy atom. The Morgan fingerprint density at radius 3 is 2.48 bits per heavy atom. The van der Waals surface area contributed by atoms with Crippen LogP contribution in [0.3, 0.4) is 0 Å². The third-order valence-corrected chi connectivity index (χ3v) is 3.76. The smallest absolute Gasteiger partial charge is 0.325 e. The van der Waals surface area contributed by atoms with Gasteiger partial charge >= 0.3 is 5.97 Å². The predicted molar refractivity (Wildman–Crippen MR) is 99.3 cm³/mol. The van der Waals surface area contributed by atoms with E-state index in [0.29, 0.717) is 11.3 Å². The second kappa shape index (κ2) is 9.36. The largest absolute Gasteiger partial charge is 0.454 e. The van der Waals surface area contributed by atoms with E-state index in [9.17, 15) is 14.4 Å². The van der Waals surface area contributed by atoms with Gasteiger partial charge in [0.05, 0.1) is 10.6 Å². The number of ether oxygens (including phenoxy) is 1. The lowest BCUT2D eigenvalue weighted by Crippen LogP contribution is -2.32. The molecule has 2 aromatic rings. The van der Waals surface area contributed by atoms with Crippen molar-refractivity contribution in [1.29, 1.82) is 5.26 Å². The van der Waals surface area contributed by atoms with Gasteiger partial charge in [0.25, 0.3) is 11.8 Å². The minimum absolute atomic E-state index is 0.200. The average molecular weight is 386 g/mol. The molecule has 0 unspecified atom stereocenters. The van der Waals surface area contributed by atoms with Crippen LogP contribution < -0.4 is 10.6 Å². The summed E-state index contributed by atoms with van der Waals surface area (Å²) in [7, 11) is 0. The SMILES string of the molecule is Cc1ccc(C(=O)NCC(=O)OCC(=O)Nc2ccc(C#N)c(Cl)c2)cc1. The summed E-state index contributed by atoms with van der Waals surface area (Å²) in [6.45, 7) is 1.02. The van der Waals surface area contributed by atoms with Crippen molar-refractivity contribution in [2.75, 3.05) is 18.5 Å². The molecule has 8 heteroatoms. The van der Waals surface area contributed by atoms with Gasteiger partial charge in [-0.3, -0.25) is 14.4 Å². The Morgan fingerprint density at radius 2 is 1.85 bits per heavy atom. The van der Waals surface area contributed by atoms with Gasteiger partial charge in [0.15, 0.2) is 6.61 Å². The van der Waals surface area contributed by atoms with Crippen LogP contribution in [0.1, 0.15) is 21.5 Å². The fraction of sp³-hybridized carbons (Fsp3) is 0.158. The van der Waals surface area contributed by atoms with E-state index in [4.69, 9.17) is 21.6 Å². The maximum Gasteiger partial charge on any atom is 0.325 e. The first-order chi connectivity index (χ1) is 12.9. The zero-order valence-corrected chi connectivity index (χ0v) is 15.2. The number of rotatable bonds is 6. The molecule has 27 heavy (non-hydrogen) atoms. The van der Waals surface area contributed by atoms with Gasteiger partial charge in [0.1, 0.15) is 12.6 Å². The number of amides is 2. The number of carbonyl (C=O) groups excluding carboxylic acids is 3. The number of carbonyl (C=O) groups is 3. The summed E-state index contributed by atoms with van der Waals surface area (Å²) in [5, 5.41) is 13.9. The Balaban J connectivity index is 1.75. The summed E-state index contributed by atoms with van der Waals surface area (Å²) >= 11 is 5.87. The van der Waals surface area contributed by atoms with Crippen LogP contribution in [0.15, 0.2) is 42.5 Å². The molecule has 0 aromatic heterocycles. The van der Waals surface area contributed by atoms with Crippen LogP contribution in [0.5, 0.6) is 0 Å². The molecule has 0 aliphatic rings. The third kappa shape index (κ3) is 6.13. The summed E-state index contributed by atoms with van der Waals surface area (Å²) < 4.78 is 4.81. The number of nitrogens with zero attached hydrogens (tertiary/aromatic N) is 1. The first kappa shape index (κ1) is 19.9. The monoisotopic (exact) mass is 385 g/mol. The molecule has 0 saturated carbocycles. The highest BCUT2D eigenvalue weighted by molar-refractivity contribution is 6.32. The van der Waals surface area contributed by atoms with Crippen molar-refractivity contribution in [2.45, 2.75) is 6.92 Å². The van der Waals surface area contributed by atoms with Crippen LogP contribution in [0, 0.1) is 18.3 Å². The van der Waals surface area contributed by atoms with E-state index in [1.165, 1.54) is 18.2 Å². The Labute approximate surface area is 160 Å². The number of nitriles is 1. The average Bonchev–Trinajstić information content (AvgIpc) is 2.65. The van der Waals surface area contributed by atoms with E-state index < -0.39 is 24.4 Å². The highest BCUT2D eigenvalue weighted by atomic mass is 35.5. The molecular formula is C19H16ClN3O4. The molecule has 0 aliphatic carbocycles. The molecule has 0 radical (unpaired) electrons. The van der Waals surface area contributed by atoms with Gasteiger partial charge in [-0.05, 0) is 37.3 Å². The zero-order valence-electron chi connectivity index (χ0n) is 14.4. The number of anilines is 1. The lowest BCUT2D eigenvalue weighted by Gasteiger charge is -2.08. The number of hydrogen-bond acceptors (Lipinski definition) is 5. The zero-order chi connectivity index (χ0) is 19.8. The molecule has 2 amide bonds. The van der Waals surface area contributed by atoms with Crippen molar-refractivity contribution in [3.63, 3.8) is 0 Å². The molecule has 7 nitrogen and oxygen atoms in total. The normalized spacial score (nSPS) is 9.81. The van der Waals surface area contributed by atoms with E-state index in [-0.39, 0.29) is 17.1 Å². The van der Waals surface area contributed by atoms with E-state index in [1.54, 1.807) is 24.3 Å². The molecule has 0 heterocycles. The standard InChI is InChI=1S/C19H16ClN3O4/c1-12-2-4-13(5-3-12)19(26)22-10-18(25)27-11-17(24)23-15-7-6-14(9-21)16(20)8-15/h2-8H,10-11H2,1H3,(H,22,26)(H,23,24). The number of halogens is 1. The molecule has 0 spiro atoms. The number of aryl methyl sites for hydroxylation is 1. The van der Waals surface area contributed by atoms with E-state index in [1.807, 2.05) is 13.0 Å². The number of nitrogens with one attached hydrogen (secondary N) is 2. The fourth-order valence-electron chi connectivity index (χ4n) is 2.04. The third-order valence-electron chi connectivity index (χ3n) is 3.44.